The van der Waals surface area contributed by atoms with Gasteiger partial charge in [-0.05, 0) is 82.2 Å². The molecule has 24 nitrogen and oxygen atoms in total. The third-order valence-electron chi connectivity index (χ3n) is 10.6. The van der Waals surface area contributed by atoms with Crippen molar-refractivity contribution in [3.8, 4) is 0 Å². The van der Waals surface area contributed by atoms with E-state index in [9.17, 15) is 63.3 Å². The van der Waals surface area contributed by atoms with Gasteiger partial charge in [0.15, 0.2) is 0 Å². The summed E-state index contributed by atoms with van der Waals surface area (Å²) in [6, 6.07) is -0.389. The molecule has 0 spiro atoms. The molecule has 0 heterocycles. The average molecular weight is 992 g/mol. The van der Waals surface area contributed by atoms with Crippen LogP contribution in [0, 0.1) is 17.8 Å². The molecular weight excluding hydrogens is 915 g/mol. The molecule has 9 atom stereocenters. The van der Waals surface area contributed by atoms with Crippen LogP contribution in [0.4, 0.5) is 0 Å². The molecule has 70 heavy (non-hydrogen) atoms. The summed E-state index contributed by atoms with van der Waals surface area (Å²) in [6.45, 7) is 11.2. The number of aliphatic hydroxyl groups excluding tert-OH is 2. The number of nitrogens with one attached hydrogen (secondary N) is 9. The Morgan fingerprint density at radius 2 is 0.957 bits per heavy atom. The second-order valence-corrected chi connectivity index (χ2v) is 18.4. The zero-order valence-electron chi connectivity index (χ0n) is 41.5. The van der Waals surface area contributed by atoms with Gasteiger partial charge in [-0.25, -0.2) is 4.79 Å². The predicted octanol–water partition coefficient (Wildman–Crippen LogP) is -3.46. The van der Waals surface area contributed by atoms with Crippen molar-refractivity contribution in [2.75, 3.05) is 26.2 Å². The van der Waals surface area contributed by atoms with Gasteiger partial charge in [-0.15, -0.1) is 0 Å². The molecule has 0 aliphatic rings. The number of rotatable bonds is 32. The van der Waals surface area contributed by atoms with E-state index >= 15 is 0 Å². The van der Waals surface area contributed by atoms with Crippen LogP contribution in [0.5, 0.6) is 0 Å². The minimum atomic E-state index is -1.65. The lowest BCUT2D eigenvalue weighted by molar-refractivity contribution is -0.143. The Bertz CT molecular complexity index is 1900. The Morgan fingerprint density at radius 1 is 0.514 bits per heavy atom. The molecule has 0 unspecified atom stereocenters. The highest BCUT2D eigenvalue weighted by molar-refractivity contribution is 5.97. The van der Waals surface area contributed by atoms with Gasteiger partial charge in [-0.1, -0.05) is 71.9 Å². The van der Waals surface area contributed by atoms with Crippen LogP contribution < -0.4 is 59.3 Å². The molecule has 0 aliphatic carbocycles. The lowest BCUT2D eigenvalue weighted by Gasteiger charge is -2.30. The third-order valence-corrected chi connectivity index (χ3v) is 10.6. The molecule has 0 aromatic heterocycles. The minimum absolute atomic E-state index is 0.00548. The van der Waals surface area contributed by atoms with E-state index in [2.05, 4.69) is 47.9 Å². The first kappa shape index (κ1) is 61.8. The standard InChI is InChI=1S/C46H77N11O13/c1-24(2)18-32(42(65)57-39(28(8)59)45(68)56-37(26(5)6)43(66)54-33(46(69)70)19-25(3)4)53-41(64)31(16-12-13-17-47)52-44(67)38(27(7)58)55-36(62)23-50-34(60)21-49-35(61)22-51-40(63)30(48)20-29-14-10-9-11-15-29/h9-11,14-15,24-28,30-33,37-39,58-59H,12-13,16-23,47-48H2,1-8H3,(H,49,61)(H,50,60)(H,51,63)(H,52,67)(H,53,64)(H,54,66)(H,55,62)(H,56,68)(H,57,65)(H,69,70)/t27-,28-,30+,31+,32+,33+,37+,38+,39+/m1/s1. The molecule has 0 saturated heterocycles. The second kappa shape index (κ2) is 31.8. The number of hydrogen-bond donors (Lipinski definition) is 14. The topological polar surface area (TPSA) is 392 Å². The Labute approximate surface area is 409 Å². The van der Waals surface area contributed by atoms with Crippen molar-refractivity contribution in [2.24, 2.45) is 29.2 Å². The van der Waals surface area contributed by atoms with Crippen LogP contribution >= 0.6 is 0 Å². The van der Waals surface area contributed by atoms with E-state index in [1.54, 1.807) is 65.8 Å². The van der Waals surface area contributed by atoms with Gasteiger partial charge in [0.1, 0.15) is 36.3 Å². The van der Waals surface area contributed by atoms with E-state index in [1.165, 1.54) is 13.8 Å². The molecule has 1 aromatic carbocycles. The molecular formula is C46H77N11O13. The largest absolute Gasteiger partial charge is 0.480 e. The molecule has 394 valence electrons. The molecule has 0 radical (unpaired) electrons. The number of carboxylic acids is 1. The number of hydrogen-bond acceptors (Lipinski definition) is 14. The van der Waals surface area contributed by atoms with Crippen LogP contribution in [0.3, 0.4) is 0 Å². The Kier molecular flexibility index (Phi) is 28.1. The molecule has 0 aliphatic heterocycles. The van der Waals surface area contributed by atoms with Gasteiger partial charge in [-0.3, -0.25) is 43.2 Å². The Morgan fingerprint density at radius 3 is 1.47 bits per heavy atom. The van der Waals surface area contributed by atoms with E-state index in [-0.39, 0.29) is 44.1 Å². The summed E-state index contributed by atoms with van der Waals surface area (Å²) in [5.41, 5.74) is 12.4. The Hall–Kier alpha value is -6.24. The van der Waals surface area contributed by atoms with E-state index in [0.29, 0.717) is 12.8 Å². The summed E-state index contributed by atoms with van der Waals surface area (Å²) < 4.78 is 0. The number of nitrogens with two attached hydrogens (primary N) is 2. The Balaban J connectivity index is 3.01. The highest BCUT2D eigenvalue weighted by Crippen LogP contribution is 2.12. The highest BCUT2D eigenvalue weighted by Gasteiger charge is 2.36. The first-order valence-corrected chi connectivity index (χ1v) is 23.5. The number of aliphatic hydroxyl groups is 2. The minimum Gasteiger partial charge on any atom is -0.480 e. The fraction of sp³-hybridized carbons (Fsp3) is 0.652. The molecule has 0 saturated carbocycles. The average Bonchev–Trinajstić information content (AvgIpc) is 3.27. The van der Waals surface area contributed by atoms with E-state index in [4.69, 9.17) is 11.5 Å². The number of carbonyl (C=O) groups excluding carboxylic acids is 9. The molecule has 24 heteroatoms. The monoisotopic (exact) mass is 992 g/mol. The van der Waals surface area contributed by atoms with Crippen molar-refractivity contribution in [1.82, 2.24) is 47.9 Å². The maximum Gasteiger partial charge on any atom is 0.326 e. The van der Waals surface area contributed by atoms with Crippen molar-refractivity contribution in [3.63, 3.8) is 0 Å². The van der Waals surface area contributed by atoms with Gasteiger partial charge in [0, 0.05) is 0 Å². The third kappa shape index (κ3) is 23.9. The zero-order chi connectivity index (χ0) is 53.2. The molecule has 1 aromatic rings. The fourth-order valence-electron chi connectivity index (χ4n) is 6.76. The van der Waals surface area contributed by atoms with E-state index < -0.39 is 139 Å². The van der Waals surface area contributed by atoms with Crippen molar-refractivity contribution in [3.05, 3.63) is 35.9 Å². The number of amides is 9. The van der Waals surface area contributed by atoms with Crippen LogP contribution in [0.25, 0.3) is 0 Å². The maximum atomic E-state index is 13.9. The molecule has 1 rings (SSSR count). The smallest absolute Gasteiger partial charge is 0.326 e. The normalized spacial score (nSPS) is 15.1. The fourth-order valence-corrected chi connectivity index (χ4v) is 6.76. The molecule has 0 fully saturated rings. The first-order valence-electron chi connectivity index (χ1n) is 23.5. The van der Waals surface area contributed by atoms with Crippen LogP contribution in [0.2, 0.25) is 0 Å². The lowest BCUT2D eigenvalue weighted by Crippen LogP contribution is -2.62. The quantitative estimate of drug-likeness (QED) is 0.0312. The summed E-state index contributed by atoms with van der Waals surface area (Å²) in [5.74, 6) is -9.65. The van der Waals surface area contributed by atoms with Crippen LogP contribution in [0.1, 0.15) is 93.1 Å². The zero-order valence-corrected chi connectivity index (χ0v) is 41.5. The van der Waals surface area contributed by atoms with E-state index in [0.717, 1.165) is 5.56 Å². The highest BCUT2D eigenvalue weighted by atomic mass is 16.4. The van der Waals surface area contributed by atoms with Gasteiger partial charge >= 0.3 is 5.97 Å². The number of benzene rings is 1. The van der Waals surface area contributed by atoms with Gasteiger partial charge in [0.2, 0.25) is 53.2 Å². The van der Waals surface area contributed by atoms with Crippen LogP contribution in [0.15, 0.2) is 30.3 Å². The molecule has 16 N–H and O–H groups in total. The van der Waals surface area contributed by atoms with Gasteiger partial charge in [0.05, 0.1) is 37.9 Å². The summed E-state index contributed by atoms with van der Waals surface area (Å²) in [5, 5.41) is 52.5. The second-order valence-electron chi connectivity index (χ2n) is 18.4. The van der Waals surface area contributed by atoms with Crippen LogP contribution in [-0.2, 0) is 54.4 Å². The van der Waals surface area contributed by atoms with Gasteiger partial charge in [0.25, 0.3) is 0 Å². The predicted molar refractivity (Wildman–Crippen MR) is 256 cm³/mol. The van der Waals surface area contributed by atoms with Crippen molar-refractivity contribution in [2.45, 2.75) is 148 Å². The summed E-state index contributed by atoms with van der Waals surface area (Å²) in [6.07, 6.45) is -1.93. The number of carboxylic acid groups (broad SMARTS) is 1. The van der Waals surface area contributed by atoms with Crippen molar-refractivity contribution in [1.29, 1.82) is 0 Å². The van der Waals surface area contributed by atoms with Crippen LogP contribution in [-0.4, -0.2) is 155 Å². The summed E-state index contributed by atoms with van der Waals surface area (Å²) in [7, 11) is 0. The molecule has 0 bridgehead atoms. The molecule has 9 amide bonds. The maximum absolute atomic E-state index is 13.9. The SMILES string of the molecule is CC(C)C[C@H](NC(=O)[C@@H](NC(=O)[C@@H](NC(=O)[C@H](CC(C)C)NC(=O)[C@H](CCCCN)NC(=O)[C@@H](NC(=O)CNC(=O)CNC(=O)CNC(=O)[C@@H](N)Cc1ccccc1)[C@@H](C)O)[C@@H](C)O)C(C)C)C(=O)O. The number of unbranched alkanes of at least 4 members (excludes halogenated alkanes) is 1. The number of carbonyl (C=O) groups is 10. The lowest BCUT2D eigenvalue weighted by atomic mass is 9.99. The van der Waals surface area contributed by atoms with E-state index in [1.807, 2.05) is 6.07 Å². The van der Waals surface area contributed by atoms with Crippen molar-refractivity contribution < 1.29 is 63.3 Å². The summed E-state index contributed by atoms with van der Waals surface area (Å²) >= 11 is 0. The summed E-state index contributed by atoms with van der Waals surface area (Å²) in [4.78, 5) is 130. The number of aliphatic carboxylic acids is 1. The van der Waals surface area contributed by atoms with Crippen molar-refractivity contribution >= 4 is 59.1 Å². The van der Waals surface area contributed by atoms with Gasteiger partial charge < -0.3 is 74.6 Å². The first-order chi connectivity index (χ1) is 32.8. The van der Waals surface area contributed by atoms with Gasteiger partial charge in [-0.2, -0.15) is 0 Å².